The second-order valence-electron chi connectivity index (χ2n) is 9.87. The first-order chi connectivity index (χ1) is 17.4. The Morgan fingerprint density at radius 1 is 1.06 bits per heavy atom. The minimum absolute atomic E-state index is 0.0486. The molecule has 1 aromatic rings. The van der Waals surface area contributed by atoms with Gasteiger partial charge in [-0.25, -0.2) is 0 Å². The van der Waals surface area contributed by atoms with Gasteiger partial charge in [0.2, 0.25) is 0 Å². The number of rotatable bonds is 19. The van der Waals surface area contributed by atoms with E-state index in [2.05, 4.69) is 6.92 Å². The predicted molar refractivity (Wildman–Crippen MR) is 141 cm³/mol. The first-order valence-electron chi connectivity index (χ1n) is 13.4. The summed E-state index contributed by atoms with van der Waals surface area (Å²) in [5.41, 5.74) is 1.12. The smallest absolute Gasteiger partial charge is 0.164 e. The molecule has 0 aliphatic carbocycles. The Balaban J connectivity index is 1.77. The van der Waals surface area contributed by atoms with E-state index >= 15 is 0 Å². The van der Waals surface area contributed by atoms with Crippen LogP contribution in [0.5, 0.6) is 5.75 Å². The van der Waals surface area contributed by atoms with E-state index in [0.29, 0.717) is 19.6 Å². The number of methoxy groups -OCH3 is 2. The molecule has 0 amide bonds. The predicted octanol–water partition coefficient (Wildman–Crippen LogP) is 5.78. The SMILES string of the molecule is CCCCCC[C@H](OCOC)[C@@H](O)C/C=C/[C@H]1OC(C)(C)O[C@@H]1CCCOCc1ccc(OC)cc1. The van der Waals surface area contributed by atoms with Crippen LogP contribution in [0.1, 0.15) is 77.7 Å². The molecule has 7 heteroatoms. The third-order valence-electron chi connectivity index (χ3n) is 6.30. The highest BCUT2D eigenvalue weighted by Gasteiger charge is 2.39. The number of unbranched alkanes of at least 4 members (excludes halogenated alkanes) is 3. The summed E-state index contributed by atoms with van der Waals surface area (Å²) in [4.78, 5) is 0. The normalized spacial score (nSPS) is 21.2. The van der Waals surface area contributed by atoms with Crippen molar-refractivity contribution in [3.63, 3.8) is 0 Å². The van der Waals surface area contributed by atoms with Crippen LogP contribution in [0.4, 0.5) is 0 Å². The molecule has 1 N–H and O–H groups in total. The first kappa shape index (κ1) is 30.7. The number of hydrogen-bond donors (Lipinski definition) is 1. The van der Waals surface area contributed by atoms with Gasteiger partial charge in [0.1, 0.15) is 18.6 Å². The van der Waals surface area contributed by atoms with E-state index in [0.717, 1.165) is 43.4 Å². The molecular weight excluding hydrogens is 460 g/mol. The quantitative estimate of drug-likeness (QED) is 0.144. The number of ether oxygens (including phenoxy) is 6. The van der Waals surface area contributed by atoms with Crippen molar-refractivity contribution in [2.45, 2.75) is 109 Å². The van der Waals surface area contributed by atoms with Crippen molar-refractivity contribution in [1.82, 2.24) is 0 Å². The van der Waals surface area contributed by atoms with Crippen LogP contribution in [-0.4, -0.2) is 62.9 Å². The van der Waals surface area contributed by atoms with Gasteiger partial charge in [-0.3, -0.25) is 0 Å². The monoisotopic (exact) mass is 508 g/mol. The van der Waals surface area contributed by atoms with Crippen LogP contribution >= 0.6 is 0 Å². The lowest BCUT2D eigenvalue weighted by atomic mass is 10.0. The van der Waals surface area contributed by atoms with E-state index in [-0.39, 0.29) is 25.1 Å². The Morgan fingerprint density at radius 3 is 2.53 bits per heavy atom. The van der Waals surface area contributed by atoms with Crippen molar-refractivity contribution in [2.24, 2.45) is 0 Å². The summed E-state index contributed by atoms with van der Waals surface area (Å²) in [7, 11) is 3.26. The van der Waals surface area contributed by atoms with E-state index in [9.17, 15) is 5.11 Å². The molecule has 1 aliphatic rings. The van der Waals surface area contributed by atoms with E-state index < -0.39 is 11.9 Å². The first-order valence-corrected chi connectivity index (χ1v) is 13.4. The minimum atomic E-state index is -0.633. The summed E-state index contributed by atoms with van der Waals surface area (Å²) < 4.78 is 34.1. The van der Waals surface area contributed by atoms with Crippen molar-refractivity contribution >= 4 is 0 Å². The van der Waals surface area contributed by atoms with Gasteiger partial charge in [-0.1, -0.05) is 56.9 Å². The van der Waals surface area contributed by atoms with Crippen molar-refractivity contribution in [3.05, 3.63) is 42.0 Å². The lowest BCUT2D eigenvalue weighted by molar-refractivity contribution is -0.143. The highest BCUT2D eigenvalue weighted by atomic mass is 16.7. The molecule has 206 valence electrons. The molecular formula is C29H48O7. The summed E-state index contributed by atoms with van der Waals surface area (Å²) in [5.74, 6) is 0.211. The molecule has 2 rings (SSSR count). The third-order valence-corrected chi connectivity index (χ3v) is 6.30. The van der Waals surface area contributed by atoms with Gasteiger partial charge in [0, 0.05) is 13.7 Å². The fourth-order valence-corrected chi connectivity index (χ4v) is 4.37. The van der Waals surface area contributed by atoms with Crippen LogP contribution in [0.15, 0.2) is 36.4 Å². The standard InChI is InChI=1S/C29H48O7/c1-6-7-8-9-13-26(34-22-31-4)25(30)12-10-14-27-28(36-29(2,3)35-27)15-11-20-33-21-23-16-18-24(32-5)19-17-23/h10,14,16-19,25-28,30H,6-9,11-13,15,20-22H2,1-5H3/b14-10+/t25-,26-,27+,28+/m0/s1. The number of benzene rings is 1. The summed E-state index contributed by atoms with van der Waals surface area (Å²) >= 11 is 0. The maximum absolute atomic E-state index is 10.7. The van der Waals surface area contributed by atoms with Gasteiger partial charge in [0.15, 0.2) is 5.79 Å². The Kier molecular flexibility index (Phi) is 14.6. The van der Waals surface area contributed by atoms with Gasteiger partial charge in [-0.15, -0.1) is 0 Å². The summed E-state index contributed by atoms with van der Waals surface area (Å²) in [6.07, 6.45) is 10.6. The maximum atomic E-state index is 10.7. The Morgan fingerprint density at radius 2 is 1.83 bits per heavy atom. The molecule has 1 heterocycles. The average Bonchev–Trinajstić information content (AvgIpc) is 3.16. The van der Waals surface area contributed by atoms with Gasteiger partial charge in [-0.2, -0.15) is 0 Å². The van der Waals surface area contributed by atoms with E-state index in [1.54, 1.807) is 14.2 Å². The van der Waals surface area contributed by atoms with Gasteiger partial charge >= 0.3 is 0 Å². The number of hydrogen-bond acceptors (Lipinski definition) is 7. The van der Waals surface area contributed by atoms with Crippen LogP contribution in [0, 0.1) is 0 Å². The lowest BCUT2D eigenvalue weighted by Crippen LogP contribution is -2.29. The van der Waals surface area contributed by atoms with Crippen LogP contribution in [0.2, 0.25) is 0 Å². The highest BCUT2D eigenvalue weighted by Crippen LogP contribution is 2.31. The van der Waals surface area contributed by atoms with Gasteiger partial charge in [-0.05, 0) is 57.2 Å². The number of aliphatic hydroxyl groups is 1. The molecule has 1 fully saturated rings. The molecule has 4 atom stereocenters. The molecule has 36 heavy (non-hydrogen) atoms. The minimum Gasteiger partial charge on any atom is -0.497 e. The van der Waals surface area contributed by atoms with Crippen molar-refractivity contribution < 1.29 is 33.5 Å². The lowest BCUT2D eigenvalue weighted by Gasteiger charge is -2.22. The zero-order valence-corrected chi connectivity index (χ0v) is 22.9. The summed E-state index contributed by atoms with van der Waals surface area (Å²) in [5, 5.41) is 10.7. The maximum Gasteiger partial charge on any atom is 0.164 e. The zero-order chi connectivity index (χ0) is 26.2. The average molecular weight is 509 g/mol. The molecule has 1 aromatic carbocycles. The third kappa shape index (κ3) is 11.7. The van der Waals surface area contributed by atoms with Gasteiger partial charge in [0.05, 0.1) is 32.0 Å². The molecule has 0 spiro atoms. The molecule has 1 aliphatic heterocycles. The van der Waals surface area contributed by atoms with E-state index in [1.807, 2.05) is 50.3 Å². The Hall–Kier alpha value is -1.48. The molecule has 1 saturated heterocycles. The molecule has 0 bridgehead atoms. The zero-order valence-electron chi connectivity index (χ0n) is 22.9. The van der Waals surface area contributed by atoms with Gasteiger partial charge < -0.3 is 33.5 Å². The van der Waals surface area contributed by atoms with E-state index in [1.165, 1.54) is 12.8 Å². The molecule has 0 saturated carbocycles. The highest BCUT2D eigenvalue weighted by molar-refractivity contribution is 5.26. The van der Waals surface area contributed by atoms with Crippen LogP contribution in [0.25, 0.3) is 0 Å². The van der Waals surface area contributed by atoms with Crippen LogP contribution in [0.3, 0.4) is 0 Å². The fourth-order valence-electron chi connectivity index (χ4n) is 4.37. The number of aliphatic hydroxyl groups excluding tert-OH is 1. The van der Waals surface area contributed by atoms with Crippen molar-refractivity contribution in [3.8, 4) is 5.75 Å². The van der Waals surface area contributed by atoms with Crippen molar-refractivity contribution in [2.75, 3.05) is 27.6 Å². The molecule has 7 nitrogen and oxygen atoms in total. The Labute approximate surface area is 218 Å². The fraction of sp³-hybridized carbons (Fsp3) is 0.724. The van der Waals surface area contributed by atoms with Gasteiger partial charge in [0.25, 0.3) is 0 Å². The second kappa shape index (κ2) is 17.1. The van der Waals surface area contributed by atoms with Crippen LogP contribution in [-0.2, 0) is 30.3 Å². The van der Waals surface area contributed by atoms with Crippen molar-refractivity contribution in [1.29, 1.82) is 0 Å². The largest absolute Gasteiger partial charge is 0.497 e. The Bertz CT molecular complexity index is 719. The topological polar surface area (TPSA) is 75.6 Å². The summed E-state index contributed by atoms with van der Waals surface area (Å²) in [6.45, 7) is 7.48. The summed E-state index contributed by atoms with van der Waals surface area (Å²) in [6, 6.07) is 7.91. The molecule has 0 unspecified atom stereocenters. The van der Waals surface area contributed by atoms with E-state index in [4.69, 9.17) is 28.4 Å². The molecule has 0 radical (unpaired) electrons. The molecule has 0 aromatic heterocycles. The second-order valence-corrected chi connectivity index (χ2v) is 9.87. The van der Waals surface area contributed by atoms with Crippen LogP contribution < -0.4 is 4.74 Å².